The zero-order chi connectivity index (χ0) is 14.8. The van der Waals surface area contributed by atoms with Crippen LogP contribution in [0, 0.1) is 0 Å². The minimum atomic E-state index is -0.374. The molecular formula is C14H15ClN4OS. The number of hydrogen-bond acceptors (Lipinski definition) is 4. The summed E-state index contributed by atoms with van der Waals surface area (Å²) in [6, 6.07) is 7.69. The molecule has 110 valence electrons. The van der Waals surface area contributed by atoms with E-state index in [2.05, 4.69) is 10.2 Å². The number of primary amides is 1. The molecule has 0 saturated heterocycles. The molecule has 1 fully saturated rings. The number of nitrogens with zero attached hydrogens (tertiary/aromatic N) is 3. The van der Waals surface area contributed by atoms with Gasteiger partial charge in [0.05, 0.1) is 0 Å². The standard InChI is InChI=1S/C14H15ClN4OS/c15-11-3-1-2-9(6-11)8-21-14-18-17-13(10-4-5-10)19(14)7-12(16)20/h1-3,6,10H,4-5,7-8H2,(H2,16,20). The number of benzene rings is 1. The molecule has 1 aromatic heterocycles. The van der Waals surface area contributed by atoms with Crippen molar-refractivity contribution in [3.8, 4) is 0 Å². The van der Waals surface area contributed by atoms with Gasteiger partial charge in [-0.05, 0) is 30.5 Å². The van der Waals surface area contributed by atoms with Crippen LogP contribution in [-0.2, 0) is 17.1 Å². The third-order valence-electron chi connectivity index (χ3n) is 3.26. The maximum atomic E-state index is 11.3. The number of thioether (sulfide) groups is 1. The first-order valence-electron chi connectivity index (χ1n) is 6.72. The Morgan fingerprint density at radius 2 is 2.24 bits per heavy atom. The number of nitrogens with two attached hydrogens (primary N) is 1. The van der Waals surface area contributed by atoms with Crippen LogP contribution in [-0.4, -0.2) is 20.7 Å². The molecule has 5 nitrogen and oxygen atoms in total. The molecule has 0 bridgehead atoms. The van der Waals surface area contributed by atoms with Crippen LogP contribution in [0.4, 0.5) is 0 Å². The molecule has 1 heterocycles. The van der Waals surface area contributed by atoms with Gasteiger partial charge >= 0.3 is 0 Å². The Hall–Kier alpha value is -1.53. The first-order chi connectivity index (χ1) is 10.1. The summed E-state index contributed by atoms with van der Waals surface area (Å²) >= 11 is 7.52. The molecule has 1 saturated carbocycles. The summed E-state index contributed by atoms with van der Waals surface area (Å²) in [5.41, 5.74) is 6.43. The van der Waals surface area contributed by atoms with Crippen molar-refractivity contribution in [1.29, 1.82) is 0 Å². The van der Waals surface area contributed by atoms with E-state index in [1.165, 1.54) is 11.8 Å². The first kappa shape index (κ1) is 14.4. The van der Waals surface area contributed by atoms with Crippen LogP contribution >= 0.6 is 23.4 Å². The van der Waals surface area contributed by atoms with E-state index in [1.807, 2.05) is 28.8 Å². The van der Waals surface area contributed by atoms with Crippen LogP contribution in [0.15, 0.2) is 29.4 Å². The molecule has 1 aromatic carbocycles. The number of rotatable bonds is 6. The van der Waals surface area contributed by atoms with Gasteiger partial charge in [0.1, 0.15) is 12.4 Å². The van der Waals surface area contributed by atoms with Gasteiger partial charge in [-0.25, -0.2) is 0 Å². The predicted octanol–water partition coefficient (Wildman–Crippen LogP) is 2.59. The number of amides is 1. The SMILES string of the molecule is NC(=O)Cn1c(SCc2cccc(Cl)c2)nnc1C1CC1. The van der Waals surface area contributed by atoms with E-state index in [-0.39, 0.29) is 12.5 Å². The Morgan fingerprint density at radius 3 is 2.90 bits per heavy atom. The molecule has 0 spiro atoms. The van der Waals surface area contributed by atoms with E-state index in [0.717, 1.165) is 35.1 Å². The first-order valence-corrected chi connectivity index (χ1v) is 8.08. The highest BCUT2D eigenvalue weighted by Gasteiger charge is 2.30. The third-order valence-corrected chi connectivity index (χ3v) is 4.53. The number of carbonyl (C=O) groups excluding carboxylic acids is 1. The fraction of sp³-hybridized carbons (Fsp3) is 0.357. The summed E-state index contributed by atoms with van der Waals surface area (Å²) in [5.74, 6) is 1.66. The van der Waals surface area contributed by atoms with Gasteiger partial charge in [0, 0.05) is 16.7 Å². The minimum absolute atomic E-state index is 0.136. The van der Waals surface area contributed by atoms with Crippen LogP contribution in [0.5, 0.6) is 0 Å². The molecule has 1 aliphatic rings. The summed E-state index contributed by atoms with van der Waals surface area (Å²) in [7, 11) is 0. The van der Waals surface area contributed by atoms with Crippen molar-refractivity contribution in [2.45, 2.75) is 36.2 Å². The highest BCUT2D eigenvalue weighted by molar-refractivity contribution is 7.98. The van der Waals surface area contributed by atoms with Crippen molar-refractivity contribution in [1.82, 2.24) is 14.8 Å². The number of hydrogen-bond donors (Lipinski definition) is 1. The van der Waals surface area contributed by atoms with E-state index in [9.17, 15) is 4.79 Å². The quantitative estimate of drug-likeness (QED) is 0.830. The van der Waals surface area contributed by atoms with Crippen molar-refractivity contribution in [2.24, 2.45) is 5.73 Å². The van der Waals surface area contributed by atoms with Crippen molar-refractivity contribution in [3.63, 3.8) is 0 Å². The second-order valence-electron chi connectivity index (χ2n) is 5.09. The van der Waals surface area contributed by atoms with Crippen LogP contribution < -0.4 is 5.73 Å². The van der Waals surface area contributed by atoms with Crippen molar-refractivity contribution in [2.75, 3.05) is 0 Å². The topological polar surface area (TPSA) is 73.8 Å². The molecule has 0 aliphatic heterocycles. The van der Waals surface area contributed by atoms with E-state index >= 15 is 0 Å². The third kappa shape index (κ3) is 3.57. The summed E-state index contributed by atoms with van der Waals surface area (Å²) in [4.78, 5) is 11.3. The van der Waals surface area contributed by atoms with E-state index < -0.39 is 0 Å². The largest absolute Gasteiger partial charge is 0.368 e. The molecule has 0 radical (unpaired) electrons. The summed E-state index contributed by atoms with van der Waals surface area (Å²) < 4.78 is 1.84. The molecule has 0 atom stereocenters. The monoisotopic (exact) mass is 322 g/mol. The maximum absolute atomic E-state index is 11.3. The van der Waals surface area contributed by atoms with Crippen molar-refractivity contribution >= 4 is 29.3 Å². The number of halogens is 1. The molecule has 3 rings (SSSR count). The number of aromatic nitrogens is 3. The van der Waals surface area contributed by atoms with Gasteiger partial charge in [-0.15, -0.1) is 10.2 Å². The Kier molecular flexibility index (Phi) is 4.17. The lowest BCUT2D eigenvalue weighted by atomic mass is 10.2. The molecule has 21 heavy (non-hydrogen) atoms. The molecule has 2 N–H and O–H groups in total. The predicted molar refractivity (Wildman–Crippen MR) is 82.2 cm³/mol. The zero-order valence-electron chi connectivity index (χ0n) is 11.3. The van der Waals surface area contributed by atoms with Gasteiger partial charge in [0.2, 0.25) is 5.91 Å². The van der Waals surface area contributed by atoms with Gasteiger partial charge in [0.15, 0.2) is 5.16 Å². The molecule has 2 aromatic rings. The molecule has 1 aliphatic carbocycles. The Bertz CT molecular complexity index is 669. The Morgan fingerprint density at radius 1 is 1.43 bits per heavy atom. The van der Waals surface area contributed by atoms with E-state index in [1.54, 1.807) is 0 Å². The highest BCUT2D eigenvalue weighted by atomic mass is 35.5. The molecule has 7 heteroatoms. The second kappa shape index (κ2) is 6.07. The Balaban J connectivity index is 1.76. The van der Waals surface area contributed by atoms with Crippen molar-refractivity contribution < 1.29 is 4.79 Å². The lowest BCUT2D eigenvalue weighted by molar-refractivity contribution is -0.118. The fourth-order valence-corrected chi connectivity index (χ4v) is 3.23. The van der Waals surface area contributed by atoms with Gasteiger partial charge in [-0.2, -0.15) is 0 Å². The Labute approximate surface area is 131 Å². The average Bonchev–Trinajstić information content (AvgIpc) is 3.20. The van der Waals surface area contributed by atoms with Gasteiger partial charge in [-0.3, -0.25) is 9.36 Å². The minimum Gasteiger partial charge on any atom is -0.368 e. The normalized spacial score (nSPS) is 14.3. The van der Waals surface area contributed by atoms with Crippen LogP contribution in [0.2, 0.25) is 5.02 Å². The lowest BCUT2D eigenvalue weighted by Crippen LogP contribution is -2.20. The number of carbonyl (C=O) groups is 1. The van der Waals surface area contributed by atoms with E-state index in [0.29, 0.717) is 10.9 Å². The molecular weight excluding hydrogens is 308 g/mol. The smallest absolute Gasteiger partial charge is 0.237 e. The van der Waals surface area contributed by atoms with Crippen LogP contribution in [0.3, 0.4) is 0 Å². The van der Waals surface area contributed by atoms with Gasteiger partial charge < -0.3 is 5.73 Å². The fourth-order valence-electron chi connectivity index (χ4n) is 2.13. The molecule has 1 amide bonds. The summed E-state index contributed by atoms with van der Waals surface area (Å²) in [6.45, 7) is 0.136. The highest BCUT2D eigenvalue weighted by Crippen LogP contribution is 2.40. The second-order valence-corrected chi connectivity index (χ2v) is 6.47. The van der Waals surface area contributed by atoms with Crippen molar-refractivity contribution in [3.05, 3.63) is 40.7 Å². The summed E-state index contributed by atoms with van der Waals surface area (Å²) in [6.07, 6.45) is 2.21. The van der Waals surface area contributed by atoms with E-state index in [4.69, 9.17) is 17.3 Å². The summed E-state index contributed by atoms with van der Waals surface area (Å²) in [5, 5.41) is 9.87. The molecule has 0 unspecified atom stereocenters. The zero-order valence-corrected chi connectivity index (χ0v) is 12.9. The maximum Gasteiger partial charge on any atom is 0.237 e. The van der Waals surface area contributed by atoms with Gasteiger partial charge in [-0.1, -0.05) is 35.5 Å². The van der Waals surface area contributed by atoms with Gasteiger partial charge in [0.25, 0.3) is 0 Å². The average molecular weight is 323 g/mol. The van der Waals surface area contributed by atoms with Crippen LogP contribution in [0.25, 0.3) is 0 Å². The lowest BCUT2D eigenvalue weighted by Gasteiger charge is -2.07. The van der Waals surface area contributed by atoms with Crippen LogP contribution in [0.1, 0.15) is 30.1 Å².